The second-order valence-corrected chi connectivity index (χ2v) is 8.35. The van der Waals surface area contributed by atoms with E-state index in [0.29, 0.717) is 45.4 Å². The fourth-order valence-corrected chi connectivity index (χ4v) is 3.83. The molecule has 0 amide bonds. The van der Waals surface area contributed by atoms with Crippen molar-refractivity contribution in [2.45, 2.75) is 36.9 Å². The normalized spacial score (nSPS) is 11.8. The molecule has 0 aliphatic heterocycles. The zero-order valence-corrected chi connectivity index (χ0v) is 18.8. The van der Waals surface area contributed by atoms with Crippen LogP contribution in [0.15, 0.2) is 58.2 Å². The molecule has 0 spiro atoms. The highest BCUT2D eigenvalue weighted by Gasteiger charge is 2.31. The largest absolute Gasteiger partial charge is 0.497 e. The number of thioether (sulfide) groups is 1. The van der Waals surface area contributed by atoms with E-state index in [4.69, 9.17) is 9.26 Å². The summed E-state index contributed by atoms with van der Waals surface area (Å²) in [7, 11) is 1.55. The van der Waals surface area contributed by atoms with E-state index in [1.165, 1.54) is 17.8 Å². The SMILES string of the molecule is COc1ccc(-c2nnc(SCc3noc(C(C)C)n3)n2-c2cccc(C(F)(F)F)c2)cc1. The third-order valence-corrected chi connectivity index (χ3v) is 5.65. The van der Waals surface area contributed by atoms with Crippen LogP contribution in [0.25, 0.3) is 17.1 Å². The van der Waals surface area contributed by atoms with Crippen LogP contribution < -0.4 is 4.74 Å². The molecule has 0 unspecified atom stereocenters. The number of hydrogen-bond acceptors (Lipinski definition) is 7. The van der Waals surface area contributed by atoms with E-state index in [-0.39, 0.29) is 5.92 Å². The second-order valence-electron chi connectivity index (χ2n) is 7.41. The summed E-state index contributed by atoms with van der Waals surface area (Å²) in [5.74, 6) is 2.44. The first-order valence-electron chi connectivity index (χ1n) is 9.99. The quantitative estimate of drug-likeness (QED) is 0.315. The van der Waals surface area contributed by atoms with Crippen LogP contribution in [-0.4, -0.2) is 32.0 Å². The van der Waals surface area contributed by atoms with Gasteiger partial charge in [-0.25, -0.2) is 0 Å². The first kappa shape index (κ1) is 22.8. The highest BCUT2D eigenvalue weighted by molar-refractivity contribution is 7.98. The van der Waals surface area contributed by atoms with Crippen molar-refractivity contribution in [3.63, 3.8) is 0 Å². The van der Waals surface area contributed by atoms with Gasteiger partial charge in [0.2, 0.25) is 5.89 Å². The molecule has 0 N–H and O–H groups in total. The van der Waals surface area contributed by atoms with Crippen LogP contribution in [0, 0.1) is 0 Å². The second kappa shape index (κ2) is 9.26. The monoisotopic (exact) mass is 475 g/mol. The summed E-state index contributed by atoms with van der Waals surface area (Å²) in [6.45, 7) is 3.88. The van der Waals surface area contributed by atoms with Crippen LogP contribution in [0.1, 0.15) is 37.0 Å². The Kier molecular flexibility index (Phi) is 6.41. The van der Waals surface area contributed by atoms with Crippen LogP contribution in [-0.2, 0) is 11.9 Å². The number of methoxy groups -OCH3 is 1. The van der Waals surface area contributed by atoms with E-state index in [2.05, 4.69) is 20.3 Å². The number of aromatic nitrogens is 5. The van der Waals surface area contributed by atoms with E-state index in [1.807, 2.05) is 13.8 Å². The topological polar surface area (TPSA) is 78.9 Å². The Morgan fingerprint density at radius 3 is 2.48 bits per heavy atom. The summed E-state index contributed by atoms with van der Waals surface area (Å²) in [6.07, 6.45) is -4.48. The van der Waals surface area contributed by atoms with Gasteiger partial charge in [0.15, 0.2) is 16.8 Å². The van der Waals surface area contributed by atoms with Crippen LogP contribution >= 0.6 is 11.8 Å². The van der Waals surface area contributed by atoms with E-state index < -0.39 is 11.7 Å². The number of alkyl halides is 3. The van der Waals surface area contributed by atoms with Crippen molar-refractivity contribution >= 4 is 11.8 Å². The van der Waals surface area contributed by atoms with Gasteiger partial charge in [-0.05, 0) is 42.5 Å². The maximum absolute atomic E-state index is 13.4. The molecule has 0 fully saturated rings. The smallest absolute Gasteiger partial charge is 0.416 e. The Balaban J connectivity index is 1.74. The predicted octanol–water partition coefficient (Wildman–Crippen LogP) is 5.76. The van der Waals surface area contributed by atoms with Crippen molar-refractivity contribution in [3.8, 4) is 22.8 Å². The Labute approximate surface area is 192 Å². The lowest BCUT2D eigenvalue weighted by molar-refractivity contribution is -0.137. The molecule has 0 aliphatic rings. The lowest BCUT2D eigenvalue weighted by Gasteiger charge is -2.13. The van der Waals surface area contributed by atoms with Crippen molar-refractivity contribution in [2.24, 2.45) is 0 Å². The number of rotatable bonds is 7. The maximum atomic E-state index is 13.4. The molecule has 4 aromatic rings. The number of ether oxygens (including phenoxy) is 1. The molecule has 4 rings (SSSR count). The highest BCUT2D eigenvalue weighted by atomic mass is 32.2. The molecular formula is C22H20F3N5O2S. The maximum Gasteiger partial charge on any atom is 0.416 e. The predicted molar refractivity (Wildman–Crippen MR) is 116 cm³/mol. The van der Waals surface area contributed by atoms with Gasteiger partial charge in [-0.3, -0.25) is 4.57 Å². The highest BCUT2D eigenvalue weighted by Crippen LogP contribution is 2.34. The van der Waals surface area contributed by atoms with Crippen molar-refractivity contribution in [1.29, 1.82) is 0 Å². The van der Waals surface area contributed by atoms with Crippen LogP contribution in [0.2, 0.25) is 0 Å². The van der Waals surface area contributed by atoms with Gasteiger partial charge in [-0.15, -0.1) is 10.2 Å². The third kappa shape index (κ3) is 5.03. The van der Waals surface area contributed by atoms with Gasteiger partial charge >= 0.3 is 6.18 Å². The zero-order chi connectivity index (χ0) is 23.6. The summed E-state index contributed by atoms with van der Waals surface area (Å²) in [6, 6.07) is 12.1. The Morgan fingerprint density at radius 2 is 1.85 bits per heavy atom. The van der Waals surface area contributed by atoms with Gasteiger partial charge in [0, 0.05) is 11.5 Å². The molecule has 2 aromatic carbocycles. The Bertz CT molecular complexity index is 1240. The minimum Gasteiger partial charge on any atom is -0.497 e. The molecule has 11 heteroatoms. The summed E-state index contributed by atoms with van der Waals surface area (Å²) >= 11 is 1.25. The molecular weight excluding hydrogens is 455 g/mol. The molecule has 0 saturated heterocycles. The summed E-state index contributed by atoms with van der Waals surface area (Å²) in [5, 5.41) is 12.9. The van der Waals surface area contributed by atoms with Gasteiger partial charge in [-0.1, -0.05) is 36.8 Å². The molecule has 7 nitrogen and oxygen atoms in total. The van der Waals surface area contributed by atoms with E-state index >= 15 is 0 Å². The first-order valence-corrected chi connectivity index (χ1v) is 11.0. The van der Waals surface area contributed by atoms with E-state index in [1.54, 1.807) is 42.0 Å². The van der Waals surface area contributed by atoms with Crippen LogP contribution in [0.3, 0.4) is 0 Å². The molecule has 0 radical (unpaired) electrons. The lowest BCUT2D eigenvalue weighted by atomic mass is 10.1. The average Bonchev–Trinajstić information content (AvgIpc) is 3.44. The van der Waals surface area contributed by atoms with Crippen molar-refractivity contribution in [1.82, 2.24) is 24.9 Å². The first-order chi connectivity index (χ1) is 15.8. The zero-order valence-electron chi connectivity index (χ0n) is 18.0. The van der Waals surface area contributed by atoms with Gasteiger partial charge in [0.05, 0.1) is 24.1 Å². The van der Waals surface area contributed by atoms with Gasteiger partial charge < -0.3 is 9.26 Å². The minimum atomic E-state index is -4.48. The standard InChI is InChI=1S/C22H20F3N5O2S/c1-13(2)20-26-18(29-32-20)12-33-21-28-27-19(14-7-9-17(31-3)10-8-14)30(21)16-6-4-5-15(11-16)22(23,24)25/h4-11,13H,12H2,1-3H3. The molecule has 0 atom stereocenters. The molecule has 2 aromatic heterocycles. The van der Waals surface area contributed by atoms with Crippen LogP contribution in [0.5, 0.6) is 5.75 Å². The van der Waals surface area contributed by atoms with Crippen molar-refractivity contribution < 1.29 is 22.4 Å². The minimum absolute atomic E-state index is 0.0895. The van der Waals surface area contributed by atoms with Gasteiger partial charge in [0.25, 0.3) is 0 Å². The third-order valence-electron chi connectivity index (χ3n) is 4.72. The number of benzene rings is 2. The molecule has 2 heterocycles. The number of nitrogens with zero attached hydrogens (tertiary/aromatic N) is 5. The van der Waals surface area contributed by atoms with Crippen molar-refractivity contribution in [3.05, 3.63) is 65.8 Å². The van der Waals surface area contributed by atoms with E-state index in [9.17, 15) is 13.2 Å². The van der Waals surface area contributed by atoms with Crippen molar-refractivity contribution in [2.75, 3.05) is 7.11 Å². The summed E-state index contributed by atoms with van der Waals surface area (Å²) in [5.41, 5.74) is 0.207. The Hall–Kier alpha value is -3.34. The lowest BCUT2D eigenvalue weighted by Crippen LogP contribution is -2.07. The fourth-order valence-electron chi connectivity index (χ4n) is 3.03. The molecule has 33 heavy (non-hydrogen) atoms. The fraction of sp³-hybridized carbons (Fsp3) is 0.273. The Morgan fingerprint density at radius 1 is 1.09 bits per heavy atom. The van der Waals surface area contributed by atoms with Gasteiger partial charge in [0.1, 0.15) is 5.75 Å². The van der Waals surface area contributed by atoms with Gasteiger partial charge in [-0.2, -0.15) is 18.2 Å². The number of hydrogen-bond donors (Lipinski definition) is 0. The molecule has 0 saturated carbocycles. The molecule has 0 aliphatic carbocycles. The summed E-state index contributed by atoms with van der Waals surface area (Å²) < 4.78 is 52.1. The summed E-state index contributed by atoms with van der Waals surface area (Å²) in [4.78, 5) is 4.34. The molecule has 172 valence electrons. The molecule has 0 bridgehead atoms. The van der Waals surface area contributed by atoms with E-state index in [0.717, 1.165) is 12.1 Å². The number of halogens is 3. The van der Waals surface area contributed by atoms with Crippen LogP contribution in [0.4, 0.5) is 13.2 Å². The average molecular weight is 475 g/mol.